The lowest BCUT2D eigenvalue weighted by Crippen LogP contribution is -2.41. The topological polar surface area (TPSA) is 21.3 Å². The number of likely N-dealkylation sites (N-methyl/N-ethyl adjacent to an activating group) is 1. The Morgan fingerprint density at radius 2 is 2.39 bits per heavy atom. The van der Waals surface area contributed by atoms with Crippen LogP contribution < -0.4 is 5.32 Å². The summed E-state index contributed by atoms with van der Waals surface area (Å²) in [5.41, 5.74) is 0.957. The van der Waals surface area contributed by atoms with E-state index in [-0.39, 0.29) is 23.0 Å². The maximum absolute atomic E-state index is 13.4. The molecule has 1 heterocycles. The Kier molecular flexibility index (Phi) is 4.98. The van der Waals surface area contributed by atoms with E-state index in [1.165, 1.54) is 6.07 Å². The first-order valence-electron chi connectivity index (χ1n) is 6.49. The highest BCUT2D eigenvalue weighted by atomic mass is 35.5. The van der Waals surface area contributed by atoms with E-state index >= 15 is 0 Å². The molecule has 2 nitrogen and oxygen atoms in total. The van der Waals surface area contributed by atoms with Gasteiger partial charge in [-0.15, -0.1) is 0 Å². The van der Waals surface area contributed by atoms with Gasteiger partial charge in [0.05, 0.1) is 11.1 Å². The molecule has 1 fully saturated rings. The van der Waals surface area contributed by atoms with E-state index in [9.17, 15) is 4.39 Å². The quantitative estimate of drug-likeness (QED) is 0.888. The van der Waals surface area contributed by atoms with Crippen molar-refractivity contribution in [2.75, 3.05) is 13.2 Å². The molecule has 1 aliphatic rings. The molecule has 0 aliphatic carbocycles. The average Bonchev–Trinajstić information content (AvgIpc) is 2.87. The van der Waals surface area contributed by atoms with Crippen molar-refractivity contribution in [2.45, 2.75) is 38.3 Å². The fraction of sp³-hybridized carbons (Fsp3) is 0.571. The van der Waals surface area contributed by atoms with Crippen LogP contribution in [0, 0.1) is 5.82 Å². The molecule has 1 N–H and O–H groups in total. The van der Waals surface area contributed by atoms with E-state index in [0.29, 0.717) is 0 Å². The number of halogens is 2. The first-order valence-corrected chi connectivity index (χ1v) is 6.87. The summed E-state index contributed by atoms with van der Waals surface area (Å²) in [6, 6.07) is 5.26. The molecule has 100 valence electrons. The minimum absolute atomic E-state index is 0.177. The first kappa shape index (κ1) is 13.8. The lowest BCUT2D eigenvalue weighted by molar-refractivity contribution is 0.0789. The van der Waals surface area contributed by atoms with Gasteiger partial charge in [-0.1, -0.05) is 24.6 Å². The summed E-state index contributed by atoms with van der Waals surface area (Å²) in [4.78, 5) is 0. The van der Waals surface area contributed by atoms with Gasteiger partial charge in [-0.05, 0) is 43.5 Å². The molecule has 0 aromatic heterocycles. The molecule has 2 atom stereocenters. The summed E-state index contributed by atoms with van der Waals surface area (Å²) in [5.74, 6) is -0.350. The van der Waals surface area contributed by atoms with Gasteiger partial charge in [-0.3, -0.25) is 0 Å². The van der Waals surface area contributed by atoms with Crippen molar-refractivity contribution in [3.05, 3.63) is 34.6 Å². The van der Waals surface area contributed by atoms with Crippen LogP contribution in [-0.2, 0) is 11.2 Å². The van der Waals surface area contributed by atoms with Crippen LogP contribution in [-0.4, -0.2) is 25.3 Å². The molecule has 0 saturated carbocycles. The van der Waals surface area contributed by atoms with Gasteiger partial charge in [0.1, 0.15) is 5.82 Å². The monoisotopic (exact) mass is 271 g/mol. The maximum Gasteiger partial charge on any atom is 0.142 e. The van der Waals surface area contributed by atoms with Gasteiger partial charge in [-0.2, -0.15) is 0 Å². The van der Waals surface area contributed by atoms with Crippen LogP contribution in [0.25, 0.3) is 0 Å². The molecule has 1 saturated heterocycles. The molecule has 2 unspecified atom stereocenters. The summed E-state index contributed by atoms with van der Waals surface area (Å²) in [6.45, 7) is 3.80. The van der Waals surface area contributed by atoms with E-state index in [2.05, 4.69) is 12.2 Å². The van der Waals surface area contributed by atoms with Gasteiger partial charge in [0.25, 0.3) is 0 Å². The van der Waals surface area contributed by atoms with Gasteiger partial charge < -0.3 is 10.1 Å². The summed E-state index contributed by atoms with van der Waals surface area (Å²) in [5, 5.41) is 3.60. The molecule has 0 radical (unpaired) electrons. The number of hydrogen-bond donors (Lipinski definition) is 1. The van der Waals surface area contributed by atoms with Crippen LogP contribution in [0.3, 0.4) is 0 Å². The number of benzene rings is 1. The molecule has 1 aliphatic heterocycles. The molecular formula is C14H19ClFNO. The van der Waals surface area contributed by atoms with E-state index < -0.39 is 0 Å². The van der Waals surface area contributed by atoms with E-state index in [1.54, 1.807) is 6.07 Å². The zero-order chi connectivity index (χ0) is 13.0. The van der Waals surface area contributed by atoms with Crippen molar-refractivity contribution >= 4 is 11.6 Å². The SMILES string of the molecule is CCNC(Cc1ccc(Cl)c(F)c1)C1CCCO1. The van der Waals surface area contributed by atoms with Crippen LogP contribution in [0.5, 0.6) is 0 Å². The van der Waals surface area contributed by atoms with Gasteiger partial charge in [-0.25, -0.2) is 4.39 Å². The Hall–Kier alpha value is -0.640. The minimum atomic E-state index is -0.350. The summed E-state index contributed by atoms with van der Waals surface area (Å²) < 4.78 is 19.1. The van der Waals surface area contributed by atoms with Crippen LogP contribution in [0.15, 0.2) is 18.2 Å². The van der Waals surface area contributed by atoms with Crippen molar-refractivity contribution in [3.63, 3.8) is 0 Å². The summed E-state index contributed by atoms with van der Waals surface area (Å²) in [7, 11) is 0. The second-order valence-electron chi connectivity index (χ2n) is 4.67. The summed E-state index contributed by atoms with van der Waals surface area (Å²) in [6.07, 6.45) is 3.20. The number of nitrogens with one attached hydrogen (secondary N) is 1. The highest BCUT2D eigenvalue weighted by Crippen LogP contribution is 2.21. The van der Waals surface area contributed by atoms with Crippen molar-refractivity contribution in [1.29, 1.82) is 0 Å². The third-order valence-electron chi connectivity index (χ3n) is 3.32. The normalized spacial score (nSPS) is 21.2. The Morgan fingerprint density at radius 3 is 3.00 bits per heavy atom. The molecule has 4 heteroatoms. The van der Waals surface area contributed by atoms with Crippen LogP contribution >= 0.6 is 11.6 Å². The largest absolute Gasteiger partial charge is 0.377 e. The molecule has 0 amide bonds. The predicted molar refractivity (Wildman–Crippen MR) is 71.6 cm³/mol. The summed E-state index contributed by atoms with van der Waals surface area (Å²) >= 11 is 5.69. The maximum atomic E-state index is 13.4. The third-order valence-corrected chi connectivity index (χ3v) is 3.63. The molecule has 18 heavy (non-hydrogen) atoms. The third kappa shape index (κ3) is 3.44. The van der Waals surface area contributed by atoms with Crippen LogP contribution in [0.4, 0.5) is 4.39 Å². The molecule has 1 aromatic rings. The molecule has 1 aromatic carbocycles. The number of rotatable bonds is 5. The Morgan fingerprint density at radius 1 is 1.56 bits per heavy atom. The highest BCUT2D eigenvalue weighted by Gasteiger charge is 2.25. The molecular weight excluding hydrogens is 253 g/mol. The first-order chi connectivity index (χ1) is 8.70. The lowest BCUT2D eigenvalue weighted by Gasteiger charge is -2.24. The van der Waals surface area contributed by atoms with Gasteiger partial charge >= 0.3 is 0 Å². The number of hydrogen-bond acceptors (Lipinski definition) is 2. The lowest BCUT2D eigenvalue weighted by atomic mass is 9.99. The molecule has 0 bridgehead atoms. The fourth-order valence-corrected chi connectivity index (χ4v) is 2.56. The van der Waals surface area contributed by atoms with E-state index in [4.69, 9.17) is 16.3 Å². The smallest absolute Gasteiger partial charge is 0.142 e. The van der Waals surface area contributed by atoms with E-state index in [1.807, 2.05) is 6.07 Å². The fourth-order valence-electron chi connectivity index (χ4n) is 2.44. The Bertz CT molecular complexity index is 393. The van der Waals surface area contributed by atoms with Crippen LogP contribution in [0.2, 0.25) is 5.02 Å². The minimum Gasteiger partial charge on any atom is -0.377 e. The van der Waals surface area contributed by atoms with Crippen molar-refractivity contribution < 1.29 is 9.13 Å². The standard InChI is InChI=1S/C14H19ClFNO/c1-2-17-13(14-4-3-7-18-14)9-10-5-6-11(15)12(16)8-10/h5-6,8,13-14,17H,2-4,7,9H2,1H3. The Labute approximate surface area is 112 Å². The zero-order valence-corrected chi connectivity index (χ0v) is 11.3. The van der Waals surface area contributed by atoms with Gasteiger partial charge in [0.2, 0.25) is 0 Å². The van der Waals surface area contributed by atoms with Crippen molar-refractivity contribution in [3.8, 4) is 0 Å². The average molecular weight is 272 g/mol. The molecule has 0 spiro atoms. The second-order valence-corrected chi connectivity index (χ2v) is 5.08. The zero-order valence-electron chi connectivity index (χ0n) is 10.6. The second kappa shape index (κ2) is 6.50. The van der Waals surface area contributed by atoms with Crippen molar-refractivity contribution in [1.82, 2.24) is 5.32 Å². The van der Waals surface area contributed by atoms with Crippen LogP contribution in [0.1, 0.15) is 25.3 Å². The molecule has 2 rings (SSSR count). The predicted octanol–water partition coefficient (Wildman–Crippen LogP) is 3.18. The van der Waals surface area contributed by atoms with E-state index in [0.717, 1.165) is 38.0 Å². The van der Waals surface area contributed by atoms with Gasteiger partial charge in [0.15, 0.2) is 0 Å². The van der Waals surface area contributed by atoms with Crippen molar-refractivity contribution in [2.24, 2.45) is 0 Å². The highest BCUT2D eigenvalue weighted by molar-refractivity contribution is 6.30. The Balaban J connectivity index is 2.04. The van der Waals surface area contributed by atoms with Gasteiger partial charge in [0, 0.05) is 12.6 Å². The number of ether oxygens (including phenoxy) is 1.